The summed E-state index contributed by atoms with van der Waals surface area (Å²) < 4.78 is 10.7. The van der Waals surface area contributed by atoms with Gasteiger partial charge in [0, 0.05) is 13.2 Å². The average Bonchev–Trinajstić information content (AvgIpc) is 1.94. The van der Waals surface area contributed by atoms with Crippen LogP contribution in [0.4, 0.5) is 0 Å². The first-order chi connectivity index (χ1) is 4.84. The summed E-state index contributed by atoms with van der Waals surface area (Å²) in [6, 6.07) is 0. The minimum absolute atomic E-state index is 0.0150. The van der Waals surface area contributed by atoms with Crippen molar-refractivity contribution in [3.05, 3.63) is 0 Å². The molecule has 0 aromatic carbocycles. The van der Waals surface area contributed by atoms with Gasteiger partial charge in [-0.1, -0.05) is 15.9 Å². The first-order valence-corrected chi connectivity index (χ1v) is 4.63. The molecule has 0 amide bonds. The molecular formula is C7H13BrO2. The van der Waals surface area contributed by atoms with Crippen molar-refractivity contribution in [1.82, 2.24) is 0 Å². The summed E-state index contributed by atoms with van der Waals surface area (Å²) in [6.07, 6.45) is 2.28. The molecule has 0 bridgehead atoms. The van der Waals surface area contributed by atoms with Gasteiger partial charge in [-0.25, -0.2) is 0 Å². The minimum Gasteiger partial charge on any atom is -0.352 e. The molecule has 1 fully saturated rings. The van der Waals surface area contributed by atoms with Crippen LogP contribution in [0, 0.1) is 0 Å². The summed E-state index contributed by atoms with van der Waals surface area (Å²) in [7, 11) is 0. The van der Waals surface area contributed by atoms with Gasteiger partial charge < -0.3 is 9.47 Å². The van der Waals surface area contributed by atoms with E-state index in [0.717, 1.165) is 26.1 Å². The topological polar surface area (TPSA) is 18.5 Å². The first-order valence-electron chi connectivity index (χ1n) is 3.72. The van der Waals surface area contributed by atoms with Crippen LogP contribution < -0.4 is 0 Å². The van der Waals surface area contributed by atoms with E-state index < -0.39 is 0 Å². The lowest BCUT2D eigenvalue weighted by Gasteiger charge is -2.27. The van der Waals surface area contributed by atoms with Crippen molar-refractivity contribution in [1.29, 1.82) is 0 Å². The molecule has 0 unspecified atom stereocenters. The highest BCUT2D eigenvalue weighted by atomic mass is 79.9. The molecule has 1 aliphatic rings. The van der Waals surface area contributed by atoms with Crippen LogP contribution in [0.1, 0.15) is 19.8 Å². The van der Waals surface area contributed by atoms with E-state index >= 15 is 0 Å². The molecule has 10 heavy (non-hydrogen) atoms. The number of rotatable bonds is 2. The van der Waals surface area contributed by atoms with E-state index in [1.54, 1.807) is 0 Å². The zero-order chi connectivity index (χ0) is 7.40. The zero-order valence-corrected chi connectivity index (χ0v) is 7.76. The van der Waals surface area contributed by atoms with Gasteiger partial charge in [0.05, 0.1) is 4.83 Å². The Morgan fingerprint density at radius 1 is 1.70 bits per heavy atom. The van der Waals surface area contributed by atoms with Crippen molar-refractivity contribution in [2.75, 3.05) is 13.2 Å². The predicted molar refractivity (Wildman–Crippen MR) is 43.3 cm³/mol. The lowest BCUT2D eigenvalue weighted by atomic mass is 10.2. The molecule has 2 nitrogen and oxygen atoms in total. The molecule has 0 aliphatic carbocycles. The molecule has 1 saturated heterocycles. The number of alkyl halides is 1. The van der Waals surface area contributed by atoms with Crippen LogP contribution in [0.2, 0.25) is 0 Å². The van der Waals surface area contributed by atoms with Crippen molar-refractivity contribution in [2.24, 2.45) is 0 Å². The molecule has 0 aromatic rings. The van der Waals surface area contributed by atoms with E-state index in [0.29, 0.717) is 4.83 Å². The third-order valence-corrected chi connectivity index (χ3v) is 2.42. The first kappa shape index (κ1) is 8.50. The smallest absolute Gasteiger partial charge is 0.169 e. The molecule has 1 heterocycles. The van der Waals surface area contributed by atoms with Gasteiger partial charge in [0.2, 0.25) is 0 Å². The lowest BCUT2D eigenvalue weighted by Crippen LogP contribution is -2.32. The van der Waals surface area contributed by atoms with Gasteiger partial charge in [0.25, 0.3) is 0 Å². The van der Waals surface area contributed by atoms with Crippen LogP contribution in [-0.4, -0.2) is 24.3 Å². The Bertz CT molecular complexity index is 95.6. The van der Waals surface area contributed by atoms with Crippen molar-refractivity contribution < 1.29 is 9.47 Å². The van der Waals surface area contributed by atoms with Crippen molar-refractivity contribution in [2.45, 2.75) is 30.9 Å². The van der Waals surface area contributed by atoms with E-state index in [9.17, 15) is 0 Å². The number of ether oxygens (including phenoxy) is 2. The highest BCUT2D eigenvalue weighted by Crippen LogP contribution is 2.21. The van der Waals surface area contributed by atoms with Gasteiger partial charge in [-0.15, -0.1) is 0 Å². The van der Waals surface area contributed by atoms with E-state index in [1.165, 1.54) is 0 Å². The van der Waals surface area contributed by atoms with Crippen LogP contribution in [-0.2, 0) is 9.47 Å². The Balaban J connectivity index is 2.25. The molecule has 0 aromatic heterocycles. The standard InChI is InChI=1S/C7H13BrO2/c1-2-9-7-6(8)4-3-5-10-7/h6-7H,2-5H2,1H3/t6-,7-/m1/s1. The maximum absolute atomic E-state index is 5.36. The fraction of sp³-hybridized carbons (Fsp3) is 1.00. The second-order valence-corrected chi connectivity index (χ2v) is 3.53. The van der Waals surface area contributed by atoms with E-state index in [4.69, 9.17) is 9.47 Å². The zero-order valence-electron chi connectivity index (χ0n) is 6.18. The molecule has 60 valence electrons. The summed E-state index contributed by atoms with van der Waals surface area (Å²) in [5, 5.41) is 0. The Morgan fingerprint density at radius 2 is 2.50 bits per heavy atom. The quantitative estimate of drug-likeness (QED) is 0.647. The van der Waals surface area contributed by atoms with Gasteiger partial charge >= 0.3 is 0 Å². The van der Waals surface area contributed by atoms with Crippen molar-refractivity contribution in [3.63, 3.8) is 0 Å². The Morgan fingerprint density at radius 3 is 3.10 bits per heavy atom. The van der Waals surface area contributed by atoms with E-state index in [-0.39, 0.29) is 6.29 Å². The molecule has 0 N–H and O–H groups in total. The van der Waals surface area contributed by atoms with E-state index in [1.807, 2.05) is 6.92 Å². The summed E-state index contributed by atoms with van der Waals surface area (Å²) in [5.74, 6) is 0. The van der Waals surface area contributed by atoms with Gasteiger partial charge in [-0.2, -0.15) is 0 Å². The van der Waals surface area contributed by atoms with Crippen LogP contribution in [0.5, 0.6) is 0 Å². The normalized spacial score (nSPS) is 34.2. The van der Waals surface area contributed by atoms with E-state index in [2.05, 4.69) is 15.9 Å². The van der Waals surface area contributed by atoms with Crippen LogP contribution >= 0.6 is 15.9 Å². The average molecular weight is 209 g/mol. The largest absolute Gasteiger partial charge is 0.352 e. The molecule has 3 heteroatoms. The fourth-order valence-electron chi connectivity index (χ4n) is 1.04. The lowest BCUT2D eigenvalue weighted by molar-refractivity contribution is -0.153. The maximum atomic E-state index is 5.36. The number of hydrogen-bond donors (Lipinski definition) is 0. The van der Waals surface area contributed by atoms with Crippen molar-refractivity contribution >= 4 is 15.9 Å². The minimum atomic E-state index is -0.0150. The van der Waals surface area contributed by atoms with Gasteiger partial charge in [0.1, 0.15) is 0 Å². The van der Waals surface area contributed by atoms with Gasteiger partial charge in [-0.05, 0) is 19.8 Å². The molecule has 0 radical (unpaired) electrons. The van der Waals surface area contributed by atoms with Gasteiger partial charge in [0.15, 0.2) is 6.29 Å². The monoisotopic (exact) mass is 208 g/mol. The van der Waals surface area contributed by atoms with Crippen LogP contribution in [0.3, 0.4) is 0 Å². The third-order valence-electron chi connectivity index (χ3n) is 1.53. The molecule has 1 rings (SSSR count). The summed E-state index contributed by atoms with van der Waals surface area (Å²) in [4.78, 5) is 0.390. The molecule has 0 spiro atoms. The fourth-order valence-corrected chi connectivity index (χ4v) is 1.66. The highest BCUT2D eigenvalue weighted by molar-refractivity contribution is 9.09. The summed E-state index contributed by atoms with van der Waals surface area (Å²) in [5.41, 5.74) is 0. The van der Waals surface area contributed by atoms with Crippen molar-refractivity contribution in [3.8, 4) is 0 Å². The Labute approximate surface area is 70.0 Å². The van der Waals surface area contributed by atoms with Gasteiger partial charge in [-0.3, -0.25) is 0 Å². The number of halogens is 1. The maximum Gasteiger partial charge on any atom is 0.169 e. The molecule has 2 atom stereocenters. The molecule has 0 saturated carbocycles. The Kier molecular flexibility index (Phi) is 3.66. The molecular weight excluding hydrogens is 196 g/mol. The highest BCUT2D eigenvalue weighted by Gasteiger charge is 2.23. The Hall–Kier alpha value is 0.400. The SMILES string of the molecule is CCO[C@@H]1OCCC[C@H]1Br. The molecule has 1 aliphatic heterocycles. The third kappa shape index (κ3) is 2.22. The van der Waals surface area contributed by atoms with Crippen LogP contribution in [0.15, 0.2) is 0 Å². The summed E-state index contributed by atoms with van der Waals surface area (Å²) >= 11 is 3.51. The predicted octanol–water partition coefficient (Wildman–Crippen LogP) is 1.92. The van der Waals surface area contributed by atoms with Crippen LogP contribution in [0.25, 0.3) is 0 Å². The number of hydrogen-bond acceptors (Lipinski definition) is 2. The second kappa shape index (κ2) is 4.31. The summed E-state index contributed by atoms with van der Waals surface area (Å²) in [6.45, 7) is 3.55. The second-order valence-electron chi connectivity index (χ2n) is 2.35.